The van der Waals surface area contributed by atoms with Crippen LogP contribution in [0.25, 0.3) is 0 Å². The smallest absolute Gasteiger partial charge is 0.297 e. The van der Waals surface area contributed by atoms with E-state index in [9.17, 15) is 21.9 Å². The molecule has 1 aliphatic rings. The molecule has 0 spiro atoms. The van der Waals surface area contributed by atoms with Crippen LogP contribution in [0.3, 0.4) is 0 Å². The first-order valence-corrected chi connectivity index (χ1v) is 12.1. The molecule has 1 saturated carbocycles. The van der Waals surface area contributed by atoms with Crippen molar-refractivity contribution in [2.24, 2.45) is 0 Å². The lowest BCUT2D eigenvalue weighted by atomic mass is 9.93. The van der Waals surface area contributed by atoms with Crippen LogP contribution in [0.4, 0.5) is 0 Å². The first-order chi connectivity index (χ1) is 13.6. The summed E-state index contributed by atoms with van der Waals surface area (Å²) in [4.78, 5) is 0.00425. The molecule has 1 fully saturated rings. The predicted octanol–water partition coefficient (Wildman–Crippen LogP) is 2.70. The molecule has 158 valence electrons. The average Bonchev–Trinajstić information content (AvgIpc) is 2.65. The molecule has 0 aliphatic heterocycles. The molecule has 3 unspecified atom stereocenters. The van der Waals surface area contributed by atoms with Crippen molar-refractivity contribution >= 4 is 20.2 Å². The van der Waals surface area contributed by atoms with Crippen LogP contribution < -0.4 is 0 Å². The summed E-state index contributed by atoms with van der Waals surface area (Å²) in [5.41, 5.74) is 1.82. The van der Waals surface area contributed by atoms with Gasteiger partial charge in [-0.3, -0.25) is 8.37 Å². The third-order valence-electron chi connectivity index (χ3n) is 4.84. The summed E-state index contributed by atoms with van der Waals surface area (Å²) in [6.45, 7) is 3.68. The topological polar surface area (TPSA) is 107 Å². The van der Waals surface area contributed by atoms with Crippen molar-refractivity contribution in [1.82, 2.24) is 0 Å². The fourth-order valence-corrected chi connectivity index (χ4v) is 5.36. The molecule has 0 aromatic heterocycles. The first-order valence-electron chi connectivity index (χ1n) is 9.25. The third kappa shape index (κ3) is 5.43. The SMILES string of the molecule is Cc1ccc(S(=O)(=O)OC2CCC(O)C(OS(=O)(=O)c3ccc(C)cc3)C2)cc1. The van der Waals surface area contributed by atoms with Gasteiger partial charge in [0.15, 0.2) is 0 Å². The molecule has 0 heterocycles. The van der Waals surface area contributed by atoms with Crippen molar-refractivity contribution in [1.29, 1.82) is 0 Å². The normalized spacial score (nSPS) is 23.1. The van der Waals surface area contributed by atoms with Crippen LogP contribution in [0.5, 0.6) is 0 Å². The molecule has 0 amide bonds. The Labute approximate surface area is 171 Å². The van der Waals surface area contributed by atoms with E-state index in [-0.39, 0.29) is 29.1 Å². The molecule has 1 N–H and O–H groups in total. The third-order valence-corrected chi connectivity index (χ3v) is 7.57. The van der Waals surface area contributed by atoms with Gasteiger partial charge >= 0.3 is 0 Å². The summed E-state index contributed by atoms with van der Waals surface area (Å²) < 4.78 is 60.5. The molecule has 3 rings (SSSR count). The quantitative estimate of drug-likeness (QED) is 0.688. The van der Waals surface area contributed by atoms with Gasteiger partial charge in [-0.15, -0.1) is 0 Å². The minimum atomic E-state index is -4.10. The Morgan fingerprint density at radius 3 is 1.69 bits per heavy atom. The highest BCUT2D eigenvalue weighted by molar-refractivity contribution is 7.87. The molecule has 0 radical (unpaired) electrons. The average molecular weight is 441 g/mol. The van der Waals surface area contributed by atoms with Crippen molar-refractivity contribution in [3.05, 3.63) is 59.7 Å². The van der Waals surface area contributed by atoms with E-state index in [1.165, 1.54) is 24.3 Å². The predicted molar refractivity (Wildman–Crippen MR) is 106 cm³/mol. The summed E-state index contributed by atoms with van der Waals surface area (Å²) in [6, 6.07) is 12.4. The van der Waals surface area contributed by atoms with Crippen LogP contribution in [0, 0.1) is 13.8 Å². The lowest BCUT2D eigenvalue weighted by Crippen LogP contribution is -2.40. The Hall–Kier alpha value is -1.78. The molecular formula is C20H24O7S2. The van der Waals surface area contributed by atoms with Crippen LogP contribution in [-0.4, -0.2) is 40.3 Å². The monoisotopic (exact) mass is 440 g/mol. The van der Waals surface area contributed by atoms with Crippen molar-refractivity contribution in [3.8, 4) is 0 Å². The molecule has 2 aromatic carbocycles. The molecule has 2 aromatic rings. The largest absolute Gasteiger partial charge is 0.390 e. The van der Waals surface area contributed by atoms with Gasteiger partial charge in [0.1, 0.15) is 6.10 Å². The highest BCUT2D eigenvalue weighted by Gasteiger charge is 2.36. The van der Waals surface area contributed by atoms with Crippen LogP contribution in [0.15, 0.2) is 58.3 Å². The van der Waals surface area contributed by atoms with Crippen LogP contribution in [-0.2, 0) is 28.6 Å². The minimum absolute atomic E-state index is 0.0226. The summed E-state index contributed by atoms with van der Waals surface area (Å²) in [7, 11) is -8.10. The van der Waals surface area contributed by atoms with Crippen molar-refractivity contribution in [3.63, 3.8) is 0 Å². The number of aryl methyl sites for hydroxylation is 2. The fourth-order valence-electron chi connectivity index (χ4n) is 3.13. The summed E-state index contributed by atoms with van der Waals surface area (Å²) in [5, 5.41) is 10.2. The summed E-state index contributed by atoms with van der Waals surface area (Å²) >= 11 is 0. The Bertz CT molecular complexity index is 1040. The van der Waals surface area contributed by atoms with Crippen molar-refractivity contribution in [2.45, 2.75) is 61.2 Å². The van der Waals surface area contributed by atoms with E-state index in [0.29, 0.717) is 0 Å². The highest BCUT2D eigenvalue weighted by Crippen LogP contribution is 2.29. The highest BCUT2D eigenvalue weighted by atomic mass is 32.2. The van der Waals surface area contributed by atoms with Crippen molar-refractivity contribution in [2.75, 3.05) is 0 Å². The molecule has 3 atom stereocenters. The van der Waals surface area contributed by atoms with Gasteiger partial charge in [-0.2, -0.15) is 16.8 Å². The van der Waals surface area contributed by atoms with Crippen LogP contribution in [0.2, 0.25) is 0 Å². The standard InChI is InChI=1S/C20H24O7S2/c1-14-3-8-17(9-4-14)28(22,23)26-16-7-12-19(21)20(13-16)27-29(24,25)18-10-5-15(2)6-11-18/h3-6,8-11,16,19-21H,7,12-13H2,1-2H3. The van der Waals surface area contributed by atoms with Gasteiger partial charge in [-0.05, 0) is 51.0 Å². The number of aliphatic hydroxyl groups is 1. The van der Waals surface area contributed by atoms with Gasteiger partial charge in [0.25, 0.3) is 20.2 Å². The molecule has 29 heavy (non-hydrogen) atoms. The lowest BCUT2D eigenvalue weighted by molar-refractivity contribution is -0.0257. The maximum Gasteiger partial charge on any atom is 0.297 e. The van der Waals surface area contributed by atoms with E-state index in [1.807, 2.05) is 13.8 Å². The zero-order valence-electron chi connectivity index (χ0n) is 16.2. The Kier molecular flexibility index (Phi) is 6.45. The first kappa shape index (κ1) is 21.9. The Balaban J connectivity index is 1.71. The summed E-state index contributed by atoms with van der Waals surface area (Å²) in [5.74, 6) is 0. The molecule has 0 bridgehead atoms. The maximum atomic E-state index is 12.5. The number of hydrogen-bond donors (Lipinski definition) is 1. The van der Waals surface area contributed by atoms with Gasteiger partial charge in [0, 0.05) is 6.42 Å². The van der Waals surface area contributed by atoms with Gasteiger partial charge in [0.05, 0.1) is 22.0 Å². The molecule has 0 saturated heterocycles. The van der Waals surface area contributed by atoms with E-state index in [1.54, 1.807) is 24.3 Å². The van der Waals surface area contributed by atoms with E-state index in [2.05, 4.69) is 0 Å². The molecule has 9 heteroatoms. The van der Waals surface area contributed by atoms with Gasteiger partial charge in [0.2, 0.25) is 0 Å². The van der Waals surface area contributed by atoms with E-state index < -0.39 is 38.5 Å². The maximum absolute atomic E-state index is 12.5. The molecule has 1 aliphatic carbocycles. The minimum Gasteiger partial charge on any atom is -0.390 e. The lowest BCUT2D eigenvalue weighted by Gasteiger charge is -2.32. The second-order valence-electron chi connectivity index (χ2n) is 7.27. The van der Waals surface area contributed by atoms with Gasteiger partial charge in [-0.1, -0.05) is 35.4 Å². The number of hydrogen-bond acceptors (Lipinski definition) is 7. The number of benzene rings is 2. The second-order valence-corrected chi connectivity index (χ2v) is 10.4. The molecule has 7 nitrogen and oxygen atoms in total. The van der Waals surface area contributed by atoms with E-state index in [0.717, 1.165) is 11.1 Å². The zero-order chi connectivity index (χ0) is 21.2. The summed E-state index contributed by atoms with van der Waals surface area (Å²) in [6.07, 6.45) is -2.52. The molecular weight excluding hydrogens is 416 g/mol. The van der Waals surface area contributed by atoms with E-state index >= 15 is 0 Å². The Morgan fingerprint density at radius 2 is 1.21 bits per heavy atom. The number of rotatable bonds is 6. The van der Waals surface area contributed by atoms with E-state index in [4.69, 9.17) is 8.37 Å². The second kappa shape index (κ2) is 8.53. The Morgan fingerprint density at radius 1 is 0.759 bits per heavy atom. The van der Waals surface area contributed by atoms with Crippen molar-refractivity contribution < 1.29 is 30.3 Å². The van der Waals surface area contributed by atoms with Crippen LogP contribution in [0.1, 0.15) is 30.4 Å². The fraction of sp³-hybridized carbons (Fsp3) is 0.400. The van der Waals surface area contributed by atoms with Gasteiger partial charge < -0.3 is 5.11 Å². The zero-order valence-corrected chi connectivity index (χ0v) is 17.8. The van der Waals surface area contributed by atoms with Crippen LogP contribution >= 0.6 is 0 Å². The van der Waals surface area contributed by atoms with Gasteiger partial charge in [-0.25, -0.2) is 0 Å². The number of aliphatic hydroxyl groups excluding tert-OH is 1.